The Hall–Kier alpha value is -1.95. The summed E-state index contributed by atoms with van der Waals surface area (Å²) in [5.74, 6) is -0.630. The molecule has 0 aliphatic heterocycles. The van der Waals surface area contributed by atoms with Crippen molar-refractivity contribution >= 4 is 32.9 Å². The predicted molar refractivity (Wildman–Crippen MR) is 97.6 cm³/mol. The molecule has 0 fully saturated rings. The zero-order valence-electron chi connectivity index (χ0n) is 14.5. The number of aryl methyl sites for hydroxylation is 1. The van der Waals surface area contributed by atoms with Crippen molar-refractivity contribution < 1.29 is 30.6 Å². The summed E-state index contributed by atoms with van der Waals surface area (Å²) in [5, 5.41) is 4.69. The molecule has 0 aromatic heterocycles. The number of allylic oxidation sites excluding steroid dienone is 1. The molecule has 0 aliphatic carbocycles. The Kier molecular flexibility index (Phi) is 8.72. The largest absolute Gasteiger partial charge is 0.465 e. The van der Waals surface area contributed by atoms with Crippen LogP contribution in [0.4, 0.5) is 5.69 Å². The molecule has 1 rings (SSSR count). The fourth-order valence-electron chi connectivity index (χ4n) is 2.07. The summed E-state index contributed by atoms with van der Waals surface area (Å²) in [6.45, 7) is 1.73. The van der Waals surface area contributed by atoms with Gasteiger partial charge in [-0.3, -0.25) is 8.49 Å². The summed E-state index contributed by atoms with van der Waals surface area (Å²) in [6, 6.07) is 4.80. The van der Waals surface area contributed by atoms with E-state index in [-0.39, 0.29) is 24.4 Å². The second-order valence-corrected chi connectivity index (χ2v) is 7.44. The van der Waals surface area contributed by atoms with Crippen molar-refractivity contribution in [1.29, 1.82) is 0 Å². The number of esters is 1. The standard InChI is InChI=1S/C15H22N2O7S2/c1-12-7-8-14(13(11-12)15(18)23-2)17(25(19)20)9-5-3-4-6-10-24-26(16,21)22/h3,5,7-8,11,25H,4,6,9-10H2,1-2H3,(H2,16,21,22)/b5-3+. The van der Waals surface area contributed by atoms with Gasteiger partial charge in [-0.05, 0) is 31.9 Å². The number of thiol groups is 1. The molecule has 0 saturated carbocycles. The Labute approximate surface area is 154 Å². The summed E-state index contributed by atoms with van der Waals surface area (Å²) < 4.78 is 54.6. The summed E-state index contributed by atoms with van der Waals surface area (Å²) in [5.41, 5.74) is 1.17. The minimum Gasteiger partial charge on any atom is -0.465 e. The highest BCUT2D eigenvalue weighted by Gasteiger charge is 2.18. The number of rotatable bonds is 10. The number of anilines is 1. The van der Waals surface area contributed by atoms with Gasteiger partial charge in [0.15, 0.2) is 0 Å². The van der Waals surface area contributed by atoms with Crippen LogP contribution in [0.2, 0.25) is 0 Å². The van der Waals surface area contributed by atoms with Crippen molar-refractivity contribution in [2.75, 3.05) is 24.6 Å². The molecule has 0 amide bonds. The van der Waals surface area contributed by atoms with Crippen LogP contribution in [0.15, 0.2) is 30.4 Å². The van der Waals surface area contributed by atoms with E-state index in [0.29, 0.717) is 12.8 Å². The number of carbonyl (C=O) groups is 1. The molecule has 0 saturated heterocycles. The molecular formula is C15H22N2O7S2. The fourth-order valence-corrected chi connectivity index (χ4v) is 3.00. The second kappa shape index (κ2) is 10.3. The van der Waals surface area contributed by atoms with Gasteiger partial charge in [0.05, 0.1) is 31.5 Å². The molecule has 0 atom stereocenters. The quantitative estimate of drug-likeness (QED) is 0.252. The maximum atomic E-state index is 11.9. The van der Waals surface area contributed by atoms with Crippen LogP contribution < -0.4 is 9.44 Å². The predicted octanol–water partition coefficient (Wildman–Crippen LogP) is 0.671. The molecule has 0 unspecified atom stereocenters. The van der Waals surface area contributed by atoms with Crippen LogP contribution in [0, 0.1) is 6.92 Å². The third-order valence-electron chi connectivity index (χ3n) is 3.24. The van der Waals surface area contributed by atoms with E-state index in [2.05, 4.69) is 4.18 Å². The maximum absolute atomic E-state index is 11.9. The first-order valence-electron chi connectivity index (χ1n) is 7.58. The molecule has 0 radical (unpaired) electrons. The third-order valence-corrected chi connectivity index (χ3v) is 4.51. The first-order chi connectivity index (χ1) is 12.2. The lowest BCUT2D eigenvalue weighted by Gasteiger charge is -2.19. The van der Waals surface area contributed by atoms with Gasteiger partial charge >= 0.3 is 16.3 Å². The smallest absolute Gasteiger partial charge is 0.340 e. The molecule has 0 aliphatic rings. The Morgan fingerprint density at radius 2 is 2.00 bits per heavy atom. The molecule has 1 aromatic rings. The SMILES string of the molecule is COC(=O)c1cc(C)ccc1N(C/C=C/CCCOS(N)(=O)=O)[SH](=O)=O. The van der Waals surface area contributed by atoms with Crippen molar-refractivity contribution in [1.82, 2.24) is 0 Å². The Morgan fingerprint density at radius 3 is 2.58 bits per heavy atom. The van der Waals surface area contributed by atoms with E-state index < -0.39 is 27.2 Å². The molecular weight excluding hydrogens is 384 g/mol. The van der Waals surface area contributed by atoms with E-state index in [0.717, 1.165) is 9.87 Å². The van der Waals surface area contributed by atoms with Gasteiger partial charge in [0.2, 0.25) is 10.9 Å². The van der Waals surface area contributed by atoms with Crippen LogP contribution >= 0.6 is 0 Å². The summed E-state index contributed by atoms with van der Waals surface area (Å²) in [7, 11) is -5.72. The number of carbonyl (C=O) groups excluding carboxylic acids is 1. The van der Waals surface area contributed by atoms with Crippen molar-refractivity contribution in [2.24, 2.45) is 5.14 Å². The molecule has 9 nitrogen and oxygen atoms in total. The van der Waals surface area contributed by atoms with Crippen molar-refractivity contribution in [3.63, 3.8) is 0 Å². The van der Waals surface area contributed by atoms with Gasteiger partial charge in [0, 0.05) is 0 Å². The van der Waals surface area contributed by atoms with Crippen molar-refractivity contribution in [3.05, 3.63) is 41.5 Å². The lowest BCUT2D eigenvalue weighted by molar-refractivity contribution is 0.0601. The fraction of sp³-hybridized carbons (Fsp3) is 0.400. The number of methoxy groups -OCH3 is 1. The monoisotopic (exact) mass is 406 g/mol. The normalized spacial score (nSPS) is 11.8. The number of ether oxygens (including phenoxy) is 1. The molecule has 146 valence electrons. The zero-order valence-corrected chi connectivity index (χ0v) is 16.2. The number of unbranched alkanes of at least 4 members (excludes halogenated alkanes) is 1. The zero-order chi connectivity index (χ0) is 19.7. The van der Waals surface area contributed by atoms with Gasteiger partial charge in [-0.1, -0.05) is 23.8 Å². The van der Waals surface area contributed by atoms with Crippen LogP contribution in [0.5, 0.6) is 0 Å². The topological polar surface area (TPSA) is 133 Å². The molecule has 11 heteroatoms. The minimum atomic E-state index is -3.95. The molecule has 0 heterocycles. The van der Waals surface area contributed by atoms with Crippen LogP contribution in [-0.2, 0) is 30.1 Å². The summed E-state index contributed by atoms with van der Waals surface area (Å²) >= 11 is 0. The van der Waals surface area contributed by atoms with Gasteiger partial charge in [-0.25, -0.2) is 18.4 Å². The number of hydrogen-bond acceptors (Lipinski definition) is 7. The summed E-state index contributed by atoms with van der Waals surface area (Å²) in [4.78, 5) is 11.9. The molecule has 1 aromatic carbocycles. The molecule has 26 heavy (non-hydrogen) atoms. The van der Waals surface area contributed by atoms with Crippen molar-refractivity contribution in [3.8, 4) is 0 Å². The minimum absolute atomic E-state index is 0.0157. The van der Waals surface area contributed by atoms with E-state index in [1.54, 1.807) is 37.3 Å². The highest BCUT2D eigenvalue weighted by Crippen LogP contribution is 2.23. The van der Waals surface area contributed by atoms with Crippen molar-refractivity contribution in [2.45, 2.75) is 19.8 Å². The summed E-state index contributed by atoms with van der Waals surface area (Å²) in [6.07, 6.45) is 4.15. The number of nitrogens with two attached hydrogens (primary N) is 1. The lowest BCUT2D eigenvalue weighted by Crippen LogP contribution is -2.24. The highest BCUT2D eigenvalue weighted by atomic mass is 32.2. The van der Waals surface area contributed by atoms with Gasteiger partial charge in [-0.15, -0.1) is 0 Å². The van der Waals surface area contributed by atoms with Crippen LogP contribution in [-0.4, -0.2) is 43.1 Å². The second-order valence-electron chi connectivity index (χ2n) is 5.26. The Morgan fingerprint density at radius 1 is 1.31 bits per heavy atom. The number of nitrogens with zero attached hydrogens (tertiary/aromatic N) is 1. The van der Waals surface area contributed by atoms with Gasteiger partial charge in [0.25, 0.3) is 0 Å². The van der Waals surface area contributed by atoms with E-state index in [9.17, 15) is 21.6 Å². The maximum Gasteiger partial charge on any atom is 0.340 e. The lowest BCUT2D eigenvalue weighted by atomic mass is 10.1. The van der Waals surface area contributed by atoms with E-state index in [1.165, 1.54) is 7.11 Å². The molecule has 2 N–H and O–H groups in total. The number of benzene rings is 1. The van der Waals surface area contributed by atoms with Gasteiger partial charge in [0.1, 0.15) is 0 Å². The van der Waals surface area contributed by atoms with E-state index in [1.807, 2.05) is 0 Å². The van der Waals surface area contributed by atoms with Gasteiger partial charge < -0.3 is 4.74 Å². The molecule has 0 bridgehead atoms. The first-order valence-corrected chi connectivity index (χ1v) is 10.2. The molecule has 0 spiro atoms. The average molecular weight is 406 g/mol. The third kappa shape index (κ3) is 7.52. The van der Waals surface area contributed by atoms with Gasteiger partial charge in [-0.2, -0.15) is 8.42 Å². The Bertz CT molecular complexity index is 824. The van der Waals surface area contributed by atoms with Crippen LogP contribution in [0.25, 0.3) is 0 Å². The first kappa shape index (κ1) is 22.1. The number of hydrogen-bond donors (Lipinski definition) is 2. The van der Waals surface area contributed by atoms with Crippen LogP contribution in [0.1, 0.15) is 28.8 Å². The Balaban J connectivity index is 2.79. The highest BCUT2D eigenvalue weighted by molar-refractivity contribution is 7.84. The van der Waals surface area contributed by atoms with Crippen LogP contribution in [0.3, 0.4) is 0 Å². The van der Waals surface area contributed by atoms with E-state index >= 15 is 0 Å². The van der Waals surface area contributed by atoms with E-state index in [4.69, 9.17) is 9.88 Å². The average Bonchev–Trinajstić information content (AvgIpc) is 2.55.